The third-order valence-electron chi connectivity index (χ3n) is 8.54. The summed E-state index contributed by atoms with van der Waals surface area (Å²) in [7, 11) is 0. The lowest BCUT2D eigenvalue weighted by Crippen LogP contribution is -2.40. The molecule has 1 saturated carbocycles. The Hall–Kier alpha value is -3.99. The minimum atomic E-state index is -0.768. The normalized spacial score (nSPS) is 19.9. The second-order valence-corrected chi connectivity index (χ2v) is 13.0. The average molecular weight is 608 g/mol. The number of carboxylic acid groups (broad SMARTS) is 1. The first kappa shape index (κ1) is 31.4. The van der Waals surface area contributed by atoms with Crippen LogP contribution >= 0.6 is 0 Å². The third kappa shape index (κ3) is 7.93. The van der Waals surface area contributed by atoms with Gasteiger partial charge in [0, 0.05) is 24.7 Å². The highest BCUT2D eigenvalue weighted by Crippen LogP contribution is 2.37. The highest BCUT2D eigenvalue weighted by Gasteiger charge is 2.30. The number of alkyl carbamates (subject to hydrolysis) is 1. The van der Waals surface area contributed by atoms with E-state index in [1.165, 1.54) is 24.3 Å². The summed E-state index contributed by atoms with van der Waals surface area (Å²) >= 11 is 0. The van der Waals surface area contributed by atoms with Crippen LogP contribution in [0.3, 0.4) is 0 Å². The maximum atomic E-state index is 13.4. The summed E-state index contributed by atoms with van der Waals surface area (Å²) in [5.74, 6) is -1.13. The average Bonchev–Trinajstić information content (AvgIpc) is 3.33. The second kappa shape index (κ2) is 13.3. The molecule has 0 spiro atoms. The number of halogens is 1. The third-order valence-corrected chi connectivity index (χ3v) is 8.54. The molecule has 2 aromatic carbocycles. The number of anilines is 1. The number of fused-ring (bicyclic) bond motifs is 1. The number of nitrogens with zero attached hydrogens (tertiary/aromatic N) is 3. The number of benzene rings is 2. The van der Waals surface area contributed by atoms with Gasteiger partial charge in [-0.1, -0.05) is 6.07 Å². The van der Waals surface area contributed by atoms with Crippen LogP contribution in [0.5, 0.6) is 0 Å². The molecule has 0 bridgehead atoms. The van der Waals surface area contributed by atoms with Gasteiger partial charge in [-0.3, -0.25) is 19.8 Å². The van der Waals surface area contributed by atoms with Crippen molar-refractivity contribution in [1.82, 2.24) is 19.8 Å². The van der Waals surface area contributed by atoms with Crippen molar-refractivity contribution in [2.75, 3.05) is 25.0 Å². The maximum Gasteiger partial charge on any atom is 0.407 e. The van der Waals surface area contributed by atoms with Crippen molar-refractivity contribution < 1.29 is 28.6 Å². The fourth-order valence-corrected chi connectivity index (χ4v) is 6.20. The van der Waals surface area contributed by atoms with Gasteiger partial charge in [0.05, 0.1) is 17.0 Å². The molecule has 5 rings (SSSR count). The van der Waals surface area contributed by atoms with Crippen molar-refractivity contribution >= 4 is 35.0 Å². The molecule has 0 atom stereocenters. The predicted octanol–water partition coefficient (Wildman–Crippen LogP) is 5.98. The van der Waals surface area contributed by atoms with E-state index in [0.29, 0.717) is 49.7 Å². The quantitative estimate of drug-likeness (QED) is 0.288. The zero-order valence-electron chi connectivity index (χ0n) is 25.6. The fourth-order valence-electron chi connectivity index (χ4n) is 6.20. The SMILES string of the molecule is CC(C)(C)OC(=O)NCC1CCN(Cc2ccc3nc(NC(=O)c4ccc(F)cc4)n(C4CCC(C(=O)O)CC4)c3c2)CC1. The summed E-state index contributed by atoms with van der Waals surface area (Å²) < 4.78 is 20.8. The van der Waals surface area contributed by atoms with E-state index < -0.39 is 17.4 Å². The van der Waals surface area contributed by atoms with Crippen LogP contribution in [0.1, 0.15) is 81.3 Å². The maximum absolute atomic E-state index is 13.4. The monoisotopic (exact) mass is 607 g/mol. The zero-order chi connectivity index (χ0) is 31.4. The van der Waals surface area contributed by atoms with Crippen molar-refractivity contribution in [2.45, 2.75) is 77.5 Å². The van der Waals surface area contributed by atoms with E-state index >= 15 is 0 Å². The van der Waals surface area contributed by atoms with Crippen molar-refractivity contribution in [3.8, 4) is 0 Å². The first-order chi connectivity index (χ1) is 20.9. The number of hydrogen-bond acceptors (Lipinski definition) is 6. The summed E-state index contributed by atoms with van der Waals surface area (Å²) in [5, 5.41) is 15.3. The minimum Gasteiger partial charge on any atom is -0.481 e. The Balaban J connectivity index is 1.29. The van der Waals surface area contributed by atoms with Crippen LogP contribution < -0.4 is 10.6 Å². The molecule has 0 radical (unpaired) electrons. The predicted molar refractivity (Wildman–Crippen MR) is 165 cm³/mol. The number of aromatic nitrogens is 2. The van der Waals surface area contributed by atoms with E-state index in [-0.39, 0.29) is 24.0 Å². The number of piperidine rings is 1. The van der Waals surface area contributed by atoms with Crippen LogP contribution in [0.15, 0.2) is 42.5 Å². The van der Waals surface area contributed by atoms with Gasteiger partial charge in [-0.05, 0) is 120 Å². The molecule has 1 aromatic heterocycles. The number of imidazole rings is 1. The highest BCUT2D eigenvalue weighted by molar-refractivity contribution is 6.04. The van der Waals surface area contributed by atoms with Gasteiger partial charge in [0.25, 0.3) is 5.91 Å². The number of carbonyl (C=O) groups is 3. The number of amides is 2. The number of likely N-dealkylation sites (tertiary alicyclic amines) is 1. The Bertz CT molecular complexity index is 1480. The van der Waals surface area contributed by atoms with Crippen molar-refractivity contribution in [3.63, 3.8) is 0 Å². The van der Waals surface area contributed by atoms with Gasteiger partial charge in [-0.2, -0.15) is 0 Å². The van der Waals surface area contributed by atoms with Crippen LogP contribution in [0.4, 0.5) is 15.1 Å². The molecular formula is C33H42FN5O5. The first-order valence-corrected chi connectivity index (χ1v) is 15.4. The Morgan fingerprint density at radius 3 is 2.32 bits per heavy atom. The fraction of sp³-hybridized carbons (Fsp3) is 0.515. The number of carboxylic acids is 1. The van der Waals surface area contributed by atoms with E-state index in [0.717, 1.165) is 49.1 Å². The van der Waals surface area contributed by atoms with Crippen molar-refractivity contribution in [3.05, 3.63) is 59.4 Å². The van der Waals surface area contributed by atoms with Gasteiger partial charge in [-0.25, -0.2) is 14.2 Å². The zero-order valence-corrected chi connectivity index (χ0v) is 25.6. The number of nitrogens with one attached hydrogen (secondary N) is 2. The van der Waals surface area contributed by atoms with Gasteiger partial charge >= 0.3 is 12.1 Å². The Morgan fingerprint density at radius 2 is 1.68 bits per heavy atom. The lowest BCUT2D eigenvalue weighted by molar-refractivity contribution is -0.143. The number of hydrogen-bond donors (Lipinski definition) is 3. The lowest BCUT2D eigenvalue weighted by Gasteiger charge is -2.32. The molecular weight excluding hydrogens is 565 g/mol. The molecule has 1 saturated heterocycles. The molecule has 2 fully saturated rings. The second-order valence-electron chi connectivity index (χ2n) is 13.0. The largest absolute Gasteiger partial charge is 0.481 e. The van der Waals surface area contributed by atoms with Crippen LogP contribution in [0, 0.1) is 17.7 Å². The molecule has 2 heterocycles. The number of aliphatic carboxylic acids is 1. The van der Waals surface area contributed by atoms with Crippen LogP contribution in [0.2, 0.25) is 0 Å². The van der Waals surface area contributed by atoms with Crippen molar-refractivity contribution in [2.24, 2.45) is 11.8 Å². The van der Waals surface area contributed by atoms with E-state index in [4.69, 9.17) is 9.72 Å². The van der Waals surface area contributed by atoms with Gasteiger partial charge in [-0.15, -0.1) is 0 Å². The summed E-state index contributed by atoms with van der Waals surface area (Å²) in [5.41, 5.74) is 2.57. The summed E-state index contributed by atoms with van der Waals surface area (Å²) in [6.07, 6.45) is 4.01. The Morgan fingerprint density at radius 1 is 1.00 bits per heavy atom. The topological polar surface area (TPSA) is 126 Å². The highest BCUT2D eigenvalue weighted by atomic mass is 19.1. The van der Waals surface area contributed by atoms with Gasteiger partial charge in [0.15, 0.2) is 0 Å². The van der Waals surface area contributed by atoms with Crippen LogP contribution in [-0.4, -0.2) is 62.8 Å². The summed E-state index contributed by atoms with van der Waals surface area (Å²) in [6, 6.07) is 11.5. The van der Waals surface area contributed by atoms with Gasteiger partial charge < -0.3 is 19.7 Å². The molecule has 10 nitrogen and oxygen atoms in total. The van der Waals surface area contributed by atoms with E-state index in [2.05, 4.69) is 27.7 Å². The van der Waals surface area contributed by atoms with Crippen LogP contribution in [-0.2, 0) is 16.1 Å². The molecule has 44 heavy (non-hydrogen) atoms. The standard InChI is InChI=1S/C33H42FN5O5/c1-33(2,3)44-32(43)35-19-21-14-16-38(17-15-21)20-22-4-13-27-28(18-22)39(26-11-7-24(8-12-26)30(41)42)31(36-27)37-29(40)23-5-9-25(34)10-6-23/h4-6,9-10,13,18,21,24,26H,7-8,11-12,14-17,19-20H2,1-3H3,(H,35,43)(H,41,42)(H,36,37,40). The van der Waals surface area contributed by atoms with E-state index in [9.17, 15) is 23.9 Å². The van der Waals surface area contributed by atoms with Gasteiger partial charge in [0.1, 0.15) is 11.4 Å². The number of carbonyl (C=O) groups excluding carboxylic acids is 2. The first-order valence-electron chi connectivity index (χ1n) is 15.4. The molecule has 11 heteroatoms. The summed E-state index contributed by atoms with van der Waals surface area (Å²) in [4.78, 5) is 43.9. The minimum absolute atomic E-state index is 0.0115. The van der Waals surface area contributed by atoms with E-state index in [1.807, 2.05) is 31.4 Å². The molecule has 2 aliphatic rings. The number of ether oxygens (including phenoxy) is 1. The molecule has 1 aliphatic heterocycles. The lowest BCUT2D eigenvalue weighted by atomic mass is 9.86. The molecule has 1 aliphatic carbocycles. The van der Waals surface area contributed by atoms with Crippen molar-refractivity contribution in [1.29, 1.82) is 0 Å². The summed E-state index contributed by atoms with van der Waals surface area (Å²) in [6.45, 7) is 8.74. The van der Waals surface area contributed by atoms with Crippen LogP contribution in [0.25, 0.3) is 11.0 Å². The molecule has 2 amide bonds. The smallest absolute Gasteiger partial charge is 0.407 e. The Kier molecular flexibility index (Phi) is 9.53. The number of rotatable bonds is 8. The Labute approximate surface area is 257 Å². The van der Waals surface area contributed by atoms with E-state index in [1.54, 1.807) is 0 Å². The molecule has 3 N–H and O–H groups in total. The molecule has 236 valence electrons. The molecule has 3 aromatic rings. The molecule has 0 unspecified atom stereocenters. The van der Waals surface area contributed by atoms with Gasteiger partial charge in [0.2, 0.25) is 5.95 Å².